The number of rotatable bonds is 5. The highest BCUT2D eigenvalue weighted by Gasteiger charge is 2.22. The van der Waals surface area contributed by atoms with Gasteiger partial charge in [-0.25, -0.2) is 4.98 Å². The fourth-order valence-electron chi connectivity index (χ4n) is 2.06. The maximum absolute atomic E-state index is 6.29. The van der Waals surface area contributed by atoms with Crippen LogP contribution in [0.2, 0.25) is 0 Å². The fourth-order valence-corrected chi connectivity index (χ4v) is 2.06. The summed E-state index contributed by atoms with van der Waals surface area (Å²) in [4.78, 5) is 4.51. The average molecular weight is 304 g/mol. The van der Waals surface area contributed by atoms with Gasteiger partial charge in [-0.15, -0.1) is 0 Å². The number of nitrogens with zero attached hydrogens (tertiary/aromatic N) is 2. The van der Waals surface area contributed by atoms with E-state index in [0.29, 0.717) is 23.9 Å². The Morgan fingerprint density at radius 2 is 2.00 bits per heavy atom. The Morgan fingerprint density at radius 1 is 1.27 bits per heavy atom. The lowest BCUT2D eigenvalue weighted by atomic mass is 9.96. The largest absolute Gasteiger partial charge is 0.493 e. The molecule has 0 radical (unpaired) electrons. The highest BCUT2D eigenvalue weighted by molar-refractivity contribution is 5.44. The zero-order chi connectivity index (χ0) is 16.3. The molecular formula is C16H24N4O2. The Morgan fingerprint density at radius 3 is 2.55 bits per heavy atom. The molecule has 0 saturated carbocycles. The van der Waals surface area contributed by atoms with Gasteiger partial charge in [0.1, 0.15) is 5.82 Å². The first kappa shape index (κ1) is 16.3. The number of nitrogens with one attached hydrogen (secondary N) is 1. The third-order valence-corrected chi connectivity index (χ3v) is 3.31. The summed E-state index contributed by atoms with van der Waals surface area (Å²) >= 11 is 0. The highest BCUT2D eigenvalue weighted by Crippen LogP contribution is 2.31. The molecule has 1 atom stereocenters. The third-order valence-electron chi connectivity index (χ3n) is 3.31. The number of hydrogen-bond acceptors (Lipinski definition) is 5. The van der Waals surface area contributed by atoms with Gasteiger partial charge in [-0.2, -0.15) is 5.10 Å². The summed E-state index contributed by atoms with van der Waals surface area (Å²) in [5, 5.41) is 7.18. The third kappa shape index (κ3) is 3.39. The number of aromatic nitrogens is 3. The van der Waals surface area contributed by atoms with Crippen LogP contribution in [0.5, 0.6) is 11.5 Å². The van der Waals surface area contributed by atoms with E-state index >= 15 is 0 Å². The van der Waals surface area contributed by atoms with Crippen LogP contribution in [-0.2, 0) is 5.41 Å². The summed E-state index contributed by atoms with van der Waals surface area (Å²) in [7, 11) is 1.61. The first-order valence-corrected chi connectivity index (χ1v) is 7.36. The Balaban J connectivity index is 2.29. The van der Waals surface area contributed by atoms with Crippen LogP contribution in [0.15, 0.2) is 18.2 Å². The van der Waals surface area contributed by atoms with Crippen LogP contribution in [0.1, 0.15) is 50.9 Å². The molecule has 120 valence electrons. The molecule has 0 unspecified atom stereocenters. The van der Waals surface area contributed by atoms with Gasteiger partial charge >= 0.3 is 0 Å². The zero-order valence-corrected chi connectivity index (χ0v) is 13.8. The van der Waals surface area contributed by atoms with Gasteiger partial charge in [0.25, 0.3) is 0 Å². The first-order chi connectivity index (χ1) is 10.4. The van der Waals surface area contributed by atoms with Crippen LogP contribution < -0.4 is 15.2 Å². The molecule has 6 heteroatoms. The molecule has 1 aromatic heterocycles. The Kier molecular flexibility index (Phi) is 4.71. The Labute approximate surface area is 131 Å². The first-order valence-electron chi connectivity index (χ1n) is 7.36. The van der Waals surface area contributed by atoms with Crippen molar-refractivity contribution in [2.45, 2.75) is 39.2 Å². The molecule has 1 aromatic carbocycles. The summed E-state index contributed by atoms with van der Waals surface area (Å²) in [5.41, 5.74) is 7.06. The maximum atomic E-state index is 6.29. The molecular weight excluding hydrogens is 280 g/mol. The van der Waals surface area contributed by atoms with Gasteiger partial charge in [0.15, 0.2) is 17.3 Å². The minimum atomic E-state index is -0.395. The van der Waals surface area contributed by atoms with Crippen LogP contribution >= 0.6 is 0 Å². The monoisotopic (exact) mass is 304 g/mol. The fraction of sp³-hybridized carbons (Fsp3) is 0.500. The molecule has 22 heavy (non-hydrogen) atoms. The standard InChI is InChI=1S/C16H24N4O2/c1-6-22-11-8-7-10(9-12(11)21-5)13(17)14-18-15(20-19-14)16(2,3)4/h7-9,13H,6,17H2,1-5H3,(H,18,19,20)/t13-/m1/s1. The molecule has 0 aliphatic rings. The number of aromatic amines is 1. The van der Waals surface area contributed by atoms with Crippen LogP contribution in [0.25, 0.3) is 0 Å². The van der Waals surface area contributed by atoms with Gasteiger partial charge in [-0.1, -0.05) is 26.8 Å². The van der Waals surface area contributed by atoms with E-state index in [1.54, 1.807) is 7.11 Å². The molecule has 0 aliphatic carbocycles. The predicted molar refractivity (Wildman–Crippen MR) is 85.3 cm³/mol. The molecule has 1 heterocycles. The molecule has 0 spiro atoms. The highest BCUT2D eigenvalue weighted by atomic mass is 16.5. The van der Waals surface area contributed by atoms with Crippen molar-refractivity contribution in [3.63, 3.8) is 0 Å². The van der Waals surface area contributed by atoms with Crippen molar-refractivity contribution >= 4 is 0 Å². The normalized spacial score (nSPS) is 13.0. The van der Waals surface area contributed by atoms with Crippen molar-refractivity contribution in [2.75, 3.05) is 13.7 Å². The number of benzene rings is 1. The minimum Gasteiger partial charge on any atom is -0.493 e. The van der Waals surface area contributed by atoms with Crippen molar-refractivity contribution in [3.8, 4) is 11.5 Å². The number of H-pyrrole nitrogens is 1. The second kappa shape index (κ2) is 6.36. The van der Waals surface area contributed by atoms with E-state index < -0.39 is 6.04 Å². The lowest BCUT2D eigenvalue weighted by molar-refractivity contribution is 0.310. The summed E-state index contributed by atoms with van der Waals surface area (Å²) in [6.45, 7) is 8.70. The molecule has 0 saturated heterocycles. The quantitative estimate of drug-likeness (QED) is 0.886. The molecule has 0 amide bonds. The summed E-state index contributed by atoms with van der Waals surface area (Å²) in [6, 6.07) is 5.25. The van der Waals surface area contributed by atoms with Crippen molar-refractivity contribution < 1.29 is 9.47 Å². The van der Waals surface area contributed by atoms with Crippen molar-refractivity contribution in [3.05, 3.63) is 35.4 Å². The van der Waals surface area contributed by atoms with Gasteiger partial charge < -0.3 is 15.2 Å². The van der Waals surface area contributed by atoms with Gasteiger partial charge in [-0.3, -0.25) is 5.10 Å². The second-order valence-electron chi connectivity index (χ2n) is 6.12. The Bertz CT molecular complexity index is 631. The summed E-state index contributed by atoms with van der Waals surface area (Å²) in [6.07, 6.45) is 0. The minimum absolute atomic E-state index is 0.120. The smallest absolute Gasteiger partial charge is 0.161 e. The molecule has 0 bridgehead atoms. The maximum Gasteiger partial charge on any atom is 0.161 e. The van der Waals surface area contributed by atoms with Crippen molar-refractivity contribution in [1.82, 2.24) is 15.2 Å². The van der Waals surface area contributed by atoms with E-state index in [2.05, 4.69) is 36.0 Å². The van der Waals surface area contributed by atoms with E-state index in [1.165, 1.54) is 0 Å². The molecule has 0 aliphatic heterocycles. The van der Waals surface area contributed by atoms with Gasteiger partial charge in [-0.05, 0) is 24.6 Å². The molecule has 2 rings (SSSR count). The predicted octanol–water partition coefficient (Wildman–Crippen LogP) is 2.56. The Hall–Kier alpha value is -2.08. The molecule has 2 aromatic rings. The zero-order valence-electron chi connectivity index (χ0n) is 13.8. The van der Waals surface area contributed by atoms with E-state index in [4.69, 9.17) is 15.2 Å². The number of ether oxygens (including phenoxy) is 2. The van der Waals surface area contributed by atoms with E-state index in [0.717, 1.165) is 11.4 Å². The topological polar surface area (TPSA) is 86.0 Å². The van der Waals surface area contributed by atoms with Crippen molar-refractivity contribution in [2.24, 2.45) is 5.73 Å². The van der Waals surface area contributed by atoms with Crippen LogP contribution in [0.4, 0.5) is 0 Å². The van der Waals surface area contributed by atoms with Crippen LogP contribution in [-0.4, -0.2) is 28.9 Å². The summed E-state index contributed by atoms with van der Waals surface area (Å²) < 4.78 is 10.9. The van der Waals surface area contributed by atoms with E-state index in [1.807, 2.05) is 25.1 Å². The molecule has 3 N–H and O–H groups in total. The molecule has 6 nitrogen and oxygen atoms in total. The van der Waals surface area contributed by atoms with Crippen molar-refractivity contribution in [1.29, 1.82) is 0 Å². The van der Waals surface area contributed by atoms with Crippen LogP contribution in [0, 0.1) is 0 Å². The lowest BCUT2D eigenvalue weighted by Crippen LogP contribution is -2.16. The van der Waals surface area contributed by atoms with Crippen LogP contribution in [0.3, 0.4) is 0 Å². The lowest BCUT2D eigenvalue weighted by Gasteiger charge is -2.14. The number of methoxy groups -OCH3 is 1. The number of nitrogens with two attached hydrogens (primary N) is 1. The van der Waals surface area contributed by atoms with Gasteiger partial charge in [0.05, 0.1) is 19.8 Å². The SMILES string of the molecule is CCOc1ccc([C@@H](N)c2nc(C(C)(C)C)n[nH]2)cc1OC. The summed E-state index contributed by atoms with van der Waals surface area (Å²) in [5.74, 6) is 2.74. The number of hydrogen-bond donors (Lipinski definition) is 2. The van der Waals surface area contributed by atoms with E-state index in [9.17, 15) is 0 Å². The molecule has 0 fully saturated rings. The average Bonchev–Trinajstić information content (AvgIpc) is 2.97. The van der Waals surface area contributed by atoms with Gasteiger partial charge in [0.2, 0.25) is 0 Å². The van der Waals surface area contributed by atoms with Gasteiger partial charge in [0, 0.05) is 5.41 Å². The van der Waals surface area contributed by atoms with E-state index in [-0.39, 0.29) is 5.41 Å². The second-order valence-corrected chi connectivity index (χ2v) is 6.12.